The van der Waals surface area contributed by atoms with Crippen molar-refractivity contribution < 1.29 is 23.7 Å². The molecular weight excluding hydrogens is 576 g/mol. The Hall–Kier alpha value is -3.34. The van der Waals surface area contributed by atoms with E-state index in [0.29, 0.717) is 53.7 Å². The Labute approximate surface area is 256 Å². The van der Waals surface area contributed by atoms with E-state index in [9.17, 15) is 4.79 Å². The minimum absolute atomic E-state index is 0.0127. The molecule has 2 aliphatic rings. The monoisotopic (exact) mass is 612 g/mol. The van der Waals surface area contributed by atoms with Crippen molar-refractivity contribution in [1.29, 1.82) is 5.41 Å². The summed E-state index contributed by atoms with van der Waals surface area (Å²) in [5.74, 6) is 1.12. The number of hydrogen-bond acceptors (Lipinski definition) is 8. The van der Waals surface area contributed by atoms with E-state index in [1.54, 1.807) is 18.2 Å². The molecule has 1 amide bonds. The molecule has 0 aliphatic carbocycles. The minimum atomic E-state index is -0.485. The van der Waals surface area contributed by atoms with Crippen LogP contribution in [0.2, 0.25) is 5.02 Å². The quantitative estimate of drug-likeness (QED) is 0.149. The van der Waals surface area contributed by atoms with Crippen LogP contribution in [0.3, 0.4) is 0 Å². The van der Waals surface area contributed by atoms with Crippen molar-refractivity contribution in [1.82, 2.24) is 5.01 Å². The fourth-order valence-corrected chi connectivity index (χ4v) is 5.49. The van der Waals surface area contributed by atoms with E-state index >= 15 is 0 Å². The second-order valence-corrected chi connectivity index (χ2v) is 11.0. The first kappa shape index (κ1) is 31.6. The molecule has 0 fully saturated rings. The Morgan fingerprint density at radius 2 is 1.74 bits per heavy atom. The molecule has 9 nitrogen and oxygen atoms in total. The van der Waals surface area contributed by atoms with Crippen LogP contribution in [0.25, 0.3) is 6.08 Å². The number of amidine groups is 2. The number of nitrogens with one attached hydrogen (secondary N) is 1. The summed E-state index contributed by atoms with van der Waals surface area (Å²) in [6, 6.07) is 13.0. The lowest BCUT2D eigenvalue weighted by molar-refractivity contribution is -0.114. The van der Waals surface area contributed by atoms with Gasteiger partial charge in [-0.1, -0.05) is 62.4 Å². The van der Waals surface area contributed by atoms with Crippen LogP contribution >= 0.6 is 23.4 Å². The van der Waals surface area contributed by atoms with E-state index in [4.69, 9.17) is 36.0 Å². The maximum Gasteiger partial charge on any atom is 0.283 e. The number of thioether (sulfide) groups is 1. The Balaban J connectivity index is 1.35. The first-order valence-electron chi connectivity index (χ1n) is 14.3. The average Bonchev–Trinajstić information content (AvgIpc) is 3.39. The summed E-state index contributed by atoms with van der Waals surface area (Å²) in [7, 11) is 0. The zero-order valence-corrected chi connectivity index (χ0v) is 25.6. The van der Waals surface area contributed by atoms with Gasteiger partial charge in [0.25, 0.3) is 5.91 Å². The summed E-state index contributed by atoms with van der Waals surface area (Å²) in [6.45, 7) is 5.89. The molecule has 2 aliphatic heterocycles. The van der Waals surface area contributed by atoms with Crippen LogP contribution in [0.5, 0.6) is 17.2 Å². The molecule has 42 heavy (non-hydrogen) atoms. The molecule has 0 saturated carbocycles. The van der Waals surface area contributed by atoms with Crippen LogP contribution < -0.4 is 14.2 Å². The smallest absolute Gasteiger partial charge is 0.283 e. The zero-order chi connectivity index (χ0) is 29.7. The lowest BCUT2D eigenvalue weighted by Crippen LogP contribution is -2.35. The summed E-state index contributed by atoms with van der Waals surface area (Å²) in [4.78, 5) is 17.1. The fourth-order valence-electron chi connectivity index (χ4n) is 4.29. The summed E-state index contributed by atoms with van der Waals surface area (Å²) in [6.07, 6.45) is 8.19. The Bertz CT molecular complexity index is 1330. The molecule has 0 spiro atoms. The number of amides is 1. The highest BCUT2D eigenvalue weighted by atomic mass is 35.5. The molecule has 2 aromatic carbocycles. The predicted molar refractivity (Wildman–Crippen MR) is 169 cm³/mol. The Morgan fingerprint density at radius 3 is 2.50 bits per heavy atom. The lowest BCUT2D eigenvalue weighted by atomic mass is 10.1. The number of fused-ring (bicyclic) bond motifs is 1. The van der Waals surface area contributed by atoms with Gasteiger partial charge in [0, 0.05) is 0 Å². The second-order valence-electron chi connectivity index (χ2n) is 9.56. The first-order valence-corrected chi connectivity index (χ1v) is 15.5. The van der Waals surface area contributed by atoms with E-state index in [1.165, 1.54) is 36.0 Å². The van der Waals surface area contributed by atoms with Crippen molar-refractivity contribution in [2.24, 2.45) is 10.1 Å². The van der Waals surface area contributed by atoms with Gasteiger partial charge >= 0.3 is 0 Å². The topological polar surface area (TPSA) is 106 Å². The number of hydrogen-bond donors (Lipinski definition) is 1. The molecular formula is C31H37ClN4O5S. The van der Waals surface area contributed by atoms with Gasteiger partial charge in [-0.25, -0.2) is 0 Å². The molecule has 0 aromatic heterocycles. The van der Waals surface area contributed by atoms with Gasteiger partial charge in [0.15, 0.2) is 17.3 Å². The second kappa shape index (κ2) is 16.3. The van der Waals surface area contributed by atoms with E-state index in [1.807, 2.05) is 37.3 Å². The Kier molecular flexibility index (Phi) is 12.3. The molecule has 0 atom stereocenters. The van der Waals surface area contributed by atoms with Crippen molar-refractivity contribution in [3.8, 4) is 17.2 Å². The van der Waals surface area contributed by atoms with Crippen LogP contribution in [0, 0.1) is 5.41 Å². The Morgan fingerprint density at radius 1 is 0.976 bits per heavy atom. The maximum absolute atomic E-state index is 12.9. The van der Waals surface area contributed by atoms with Crippen molar-refractivity contribution in [2.45, 2.75) is 52.4 Å². The first-order chi connectivity index (χ1) is 20.5. The van der Waals surface area contributed by atoms with Crippen LogP contribution in [0.15, 0.2) is 58.1 Å². The van der Waals surface area contributed by atoms with Crippen molar-refractivity contribution in [2.75, 3.05) is 33.0 Å². The number of carbonyl (C=O) groups excluding carboxylic acids is 1. The molecule has 11 heteroatoms. The number of benzene rings is 2. The van der Waals surface area contributed by atoms with Gasteiger partial charge in [-0.15, -0.1) is 0 Å². The fraction of sp³-hybridized carbons (Fsp3) is 0.419. The van der Waals surface area contributed by atoms with Gasteiger partial charge in [0.2, 0.25) is 5.17 Å². The van der Waals surface area contributed by atoms with Crippen LogP contribution in [0.4, 0.5) is 0 Å². The highest BCUT2D eigenvalue weighted by Gasteiger charge is 2.35. The van der Waals surface area contributed by atoms with Gasteiger partial charge in [0.05, 0.1) is 30.4 Å². The molecule has 0 saturated heterocycles. The third-order valence-electron chi connectivity index (χ3n) is 6.35. The van der Waals surface area contributed by atoms with Gasteiger partial charge in [-0.2, -0.15) is 15.1 Å². The lowest BCUT2D eigenvalue weighted by Gasteiger charge is -2.20. The number of aliphatic imine (C=N–C) groups is 1. The number of unbranched alkanes of at least 4 members (excludes halogenated alkanes) is 4. The molecule has 1 N–H and O–H groups in total. The summed E-state index contributed by atoms with van der Waals surface area (Å²) < 4.78 is 22.9. The largest absolute Gasteiger partial charge is 0.491 e. The molecule has 2 heterocycles. The molecule has 0 bridgehead atoms. The summed E-state index contributed by atoms with van der Waals surface area (Å²) in [5.41, 5.74) is 0.717. The molecule has 0 radical (unpaired) electrons. The molecule has 0 unspecified atom stereocenters. The van der Waals surface area contributed by atoms with Gasteiger partial charge < -0.3 is 18.9 Å². The van der Waals surface area contributed by atoms with E-state index in [2.05, 4.69) is 17.0 Å². The number of para-hydroxylation sites is 1. The molecule has 2 aromatic rings. The molecule has 4 rings (SSSR count). The third-order valence-corrected chi connectivity index (χ3v) is 7.60. The van der Waals surface area contributed by atoms with E-state index in [-0.39, 0.29) is 18.0 Å². The number of ether oxygens (including phenoxy) is 4. The van der Waals surface area contributed by atoms with E-state index in [0.717, 1.165) is 30.1 Å². The maximum atomic E-state index is 12.9. The van der Waals surface area contributed by atoms with Crippen LogP contribution in [0.1, 0.15) is 57.9 Å². The van der Waals surface area contributed by atoms with Gasteiger partial charge in [0.1, 0.15) is 24.0 Å². The molecule has 224 valence electrons. The SMILES string of the molecule is CCCCCCCC1=NN2C(=N)/C(=C/c3cc(Cl)c(OCCOCCOc4ccccc4)c(OCC)c3)C(=O)N=C2S1. The number of carbonyl (C=O) groups is 1. The van der Waals surface area contributed by atoms with E-state index < -0.39 is 5.91 Å². The third kappa shape index (κ3) is 8.83. The normalized spacial score (nSPS) is 15.5. The van der Waals surface area contributed by atoms with Crippen molar-refractivity contribution in [3.63, 3.8) is 0 Å². The van der Waals surface area contributed by atoms with Crippen molar-refractivity contribution >= 4 is 51.4 Å². The number of halogens is 1. The minimum Gasteiger partial charge on any atom is -0.491 e. The summed E-state index contributed by atoms with van der Waals surface area (Å²) in [5, 5.41) is 16.3. The summed E-state index contributed by atoms with van der Waals surface area (Å²) >= 11 is 7.95. The van der Waals surface area contributed by atoms with Gasteiger partial charge in [-0.05, 0) is 67.4 Å². The van der Waals surface area contributed by atoms with Gasteiger partial charge in [-0.3, -0.25) is 10.2 Å². The van der Waals surface area contributed by atoms with Crippen LogP contribution in [-0.4, -0.2) is 60.0 Å². The predicted octanol–water partition coefficient (Wildman–Crippen LogP) is 7.19. The van der Waals surface area contributed by atoms with Crippen molar-refractivity contribution in [3.05, 3.63) is 58.6 Å². The highest BCUT2D eigenvalue weighted by Crippen LogP contribution is 2.38. The van der Waals surface area contributed by atoms with Crippen LogP contribution in [-0.2, 0) is 9.53 Å². The standard InChI is InChI=1S/C31H37ClN4O5S/c1-3-5-6-7-11-14-27-35-36-29(33)24(30(37)34-31(36)42-27)19-22-20-25(32)28(26(21-22)39-4-2)41-18-16-38-15-17-40-23-12-9-8-10-13-23/h8-10,12-13,19-21,33H,3-7,11,14-18H2,1-2H3/b24-19-,33-29?. The number of nitrogens with zero attached hydrogens (tertiary/aromatic N) is 3. The number of rotatable bonds is 17. The number of hydrazone groups is 1. The highest BCUT2D eigenvalue weighted by molar-refractivity contribution is 8.26. The zero-order valence-electron chi connectivity index (χ0n) is 24.1. The average molecular weight is 613 g/mol.